The van der Waals surface area contributed by atoms with Crippen molar-refractivity contribution < 1.29 is 53.4 Å². The molecule has 0 saturated carbocycles. The van der Waals surface area contributed by atoms with Crippen molar-refractivity contribution in [2.75, 3.05) is 32.7 Å². The van der Waals surface area contributed by atoms with Gasteiger partial charge in [-0.1, -0.05) is 83.2 Å². The molecule has 406 valence electrons. The highest BCUT2D eigenvalue weighted by Crippen LogP contribution is 2.12. The lowest BCUT2D eigenvalue weighted by Crippen LogP contribution is -2.61. The lowest BCUT2D eigenvalue weighted by Gasteiger charge is -2.28. The van der Waals surface area contributed by atoms with E-state index in [1.165, 1.54) is 6.92 Å². The number of nitrogens with one attached hydrogen (secondary N) is 9. The zero-order valence-corrected chi connectivity index (χ0v) is 42.3. The fourth-order valence-corrected chi connectivity index (χ4v) is 7.86. The number of nitrogens with two attached hydrogens (primary N) is 4. The van der Waals surface area contributed by atoms with Crippen LogP contribution in [-0.4, -0.2) is 157 Å². The Morgan fingerprint density at radius 3 is 1.68 bits per heavy atom. The molecule has 0 aromatic heterocycles. The summed E-state index contributed by atoms with van der Waals surface area (Å²) >= 11 is 0. The van der Waals surface area contributed by atoms with E-state index in [0.29, 0.717) is 18.4 Å². The van der Waals surface area contributed by atoms with Gasteiger partial charge >= 0.3 is 0 Å². The first-order chi connectivity index (χ1) is 34.3. The Bertz CT molecular complexity index is 1890. The molecule has 0 unspecified atom stereocenters. The van der Waals surface area contributed by atoms with Crippen molar-refractivity contribution >= 4 is 53.2 Å². The Morgan fingerprint density at radius 2 is 1.15 bits per heavy atom. The first-order valence-corrected chi connectivity index (χ1v) is 25.2. The predicted molar refractivity (Wildman–Crippen MR) is 268 cm³/mol. The number of hydrogen-bond donors (Lipinski definition) is 15. The maximum absolute atomic E-state index is 14.3. The van der Waals surface area contributed by atoms with Crippen molar-refractivity contribution in [1.82, 2.24) is 47.9 Å². The van der Waals surface area contributed by atoms with E-state index in [1.807, 2.05) is 0 Å². The van der Waals surface area contributed by atoms with Gasteiger partial charge in [0.15, 0.2) is 0 Å². The molecule has 24 heteroatoms. The van der Waals surface area contributed by atoms with Crippen LogP contribution in [0.3, 0.4) is 0 Å². The SMILES string of the molecule is CCCCCCC[C@@H](O)CC(=O)N[C@H](CN)C(=O)N[C@H]1CCNC(=O)[C@H]([C@@H](C)O)NC(=O)[C@H](CCN)NC(=O)[C@H](CCN)NC(=O)[C@H](CC(C)C)NC(=O)[C@@H](Cc2ccccc2)NC(=O)[C@H](CCN)NC1=O. The third-order valence-electron chi connectivity index (χ3n) is 11.9. The lowest BCUT2D eigenvalue weighted by atomic mass is 10.00. The fraction of sp³-hybridized carbons (Fsp3) is 0.688. The van der Waals surface area contributed by atoms with Gasteiger partial charge in [-0.2, -0.15) is 0 Å². The number of benzene rings is 1. The standard InChI is InChI=1S/C48H83N13O11/c1-5-6-7-8-12-15-31(63)26-39(64)54-38(27-52)47(71)58-35-19-23-53-48(72)40(29(4)62)61-44(68)34(18-22-51)56-41(65)32(16-20-49)57-45(69)36(24-28(2)3)59-46(70)37(25-30-13-10-9-11-14-30)60-42(66)33(17-21-50)55-43(35)67/h9-11,13-14,28-29,31-38,40,62-63H,5-8,12,15-27,49-52H2,1-4H3,(H,53,72)(H,54,64)(H,55,67)(H,56,65)(H,57,69)(H,58,71)(H,59,70)(H,60,66)(H,61,68)/t29-,31-,32+,33+,34+,35+,36+,37-,38-,40+/m1/s1. The zero-order valence-electron chi connectivity index (χ0n) is 42.3. The molecule has 1 aromatic rings. The van der Waals surface area contributed by atoms with Crippen molar-refractivity contribution in [3.63, 3.8) is 0 Å². The normalized spacial score (nSPS) is 23.7. The van der Waals surface area contributed by atoms with Crippen LogP contribution in [0.4, 0.5) is 0 Å². The van der Waals surface area contributed by atoms with Gasteiger partial charge in [0.05, 0.1) is 18.6 Å². The molecule has 0 aliphatic carbocycles. The Morgan fingerprint density at radius 1 is 0.653 bits per heavy atom. The van der Waals surface area contributed by atoms with Crippen molar-refractivity contribution in [2.24, 2.45) is 28.9 Å². The quantitative estimate of drug-likeness (QED) is 0.0467. The molecule has 9 amide bonds. The van der Waals surface area contributed by atoms with Gasteiger partial charge in [0.2, 0.25) is 53.2 Å². The van der Waals surface area contributed by atoms with Crippen LogP contribution in [0.15, 0.2) is 30.3 Å². The summed E-state index contributed by atoms with van der Waals surface area (Å²) < 4.78 is 0. The maximum Gasteiger partial charge on any atom is 0.245 e. The predicted octanol–water partition coefficient (Wildman–Crippen LogP) is -3.83. The summed E-state index contributed by atoms with van der Waals surface area (Å²) in [5.74, 6) is -7.81. The first-order valence-electron chi connectivity index (χ1n) is 25.2. The summed E-state index contributed by atoms with van der Waals surface area (Å²) in [6, 6.07) is -2.61. The minimum Gasteiger partial charge on any atom is -0.393 e. The average molecular weight is 1020 g/mol. The van der Waals surface area contributed by atoms with E-state index in [2.05, 4.69) is 54.8 Å². The molecule has 1 aliphatic rings. The van der Waals surface area contributed by atoms with Crippen LogP contribution in [0.2, 0.25) is 0 Å². The molecule has 2 rings (SSSR count). The van der Waals surface area contributed by atoms with Crippen molar-refractivity contribution in [3.8, 4) is 0 Å². The van der Waals surface area contributed by atoms with Gasteiger partial charge in [0.1, 0.15) is 48.3 Å². The zero-order chi connectivity index (χ0) is 53.8. The van der Waals surface area contributed by atoms with Crippen molar-refractivity contribution in [1.29, 1.82) is 0 Å². The lowest BCUT2D eigenvalue weighted by molar-refractivity contribution is -0.136. The number of hydrogen-bond acceptors (Lipinski definition) is 15. The number of aliphatic hydroxyl groups excluding tert-OH is 2. The number of unbranched alkanes of at least 4 members (excludes halogenated alkanes) is 4. The minimum absolute atomic E-state index is 0.0749. The molecule has 24 nitrogen and oxygen atoms in total. The average Bonchev–Trinajstić information content (AvgIpc) is 3.32. The monoisotopic (exact) mass is 1020 g/mol. The summed E-state index contributed by atoms with van der Waals surface area (Å²) in [7, 11) is 0. The summed E-state index contributed by atoms with van der Waals surface area (Å²) in [6.07, 6.45) is 1.51. The van der Waals surface area contributed by atoms with Gasteiger partial charge in [0.25, 0.3) is 0 Å². The van der Waals surface area contributed by atoms with Gasteiger partial charge < -0.3 is 81.0 Å². The molecule has 1 fully saturated rings. The number of aliphatic hydroxyl groups is 2. The Hall–Kier alpha value is -5.79. The number of carbonyl (C=O) groups excluding carboxylic acids is 9. The van der Waals surface area contributed by atoms with Crippen LogP contribution in [0.25, 0.3) is 0 Å². The smallest absolute Gasteiger partial charge is 0.245 e. The van der Waals surface area contributed by atoms with Crippen LogP contribution in [-0.2, 0) is 49.6 Å². The van der Waals surface area contributed by atoms with Gasteiger partial charge in [-0.3, -0.25) is 43.2 Å². The first kappa shape index (κ1) is 62.3. The third-order valence-corrected chi connectivity index (χ3v) is 11.9. The molecule has 19 N–H and O–H groups in total. The van der Waals surface area contributed by atoms with E-state index in [-0.39, 0.29) is 77.0 Å². The topological polar surface area (TPSA) is 406 Å². The Balaban J connectivity index is 2.64. The van der Waals surface area contributed by atoms with Gasteiger partial charge in [-0.25, -0.2) is 0 Å². The van der Waals surface area contributed by atoms with E-state index in [0.717, 1.165) is 25.7 Å². The third kappa shape index (κ3) is 22.7. The molecule has 0 spiro atoms. The summed E-state index contributed by atoms with van der Waals surface area (Å²) in [6.45, 7) is 5.78. The van der Waals surface area contributed by atoms with Gasteiger partial charge in [-0.15, -0.1) is 0 Å². The molecule has 10 atom stereocenters. The van der Waals surface area contributed by atoms with Crippen molar-refractivity contribution in [3.05, 3.63) is 35.9 Å². The largest absolute Gasteiger partial charge is 0.393 e. The molecule has 72 heavy (non-hydrogen) atoms. The van der Waals surface area contributed by atoms with Crippen LogP contribution in [0.1, 0.15) is 110 Å². The summed E-state index contributed by atoms with van der Waals surface area (Å²) in [4.78, 5) is 125. The molecular formula is C48H83N13O11. The fourth-order valence-electron chi connectivity index (χ4n) is 7.86. The second-order valence-electron chi connectivity index (χ2n) is 18.6. The highest BCUT2D eigenvalue weighted by atomic mass is 16.3. The summed E-state index contributed by atoms with van der Waals surface area (Å²) in [5, 5.41) is 44.3. The van der Waals surface area contributed by atoms with Gasteiger partial charge in [0, 0.05) is 19.5 Å². The van der Waals surface area contributed by atoms with E-state index in [4.69, 9.17) is 22.9 Å². The van der Waals surface area contributed by atoms with E-state index in [9.17, 15) is 53.4 Å². The van der Waals surface area contributed by atoms with Crippen LogP contribution in [0, 0.1) is 5.92 Å². The van der Waals surface area contributed by atoms with E-state index < -0.39 is 120 Å². The Kier molecular flexibility index (Phi) is 29.2. The molecule has 0 bridgehead atoms. The molecule has 1 aromatic carbocycles. The maximum atomic E-state index is 14.3. The number of carbonyl (C=O) groups is 9. The summed E-state index contributed by atoms with van der Waals surface area (Å²) in [5.41, 5.74) is 24.1. The van der Waals surface area contributed by atoms with E-state index in [1.54, 1.807) is 44.2 Å². The highest BCUT2D eigenvalue weighted by molar-refractivity contribution is 5.98. The van der Waals surface area contributed by atoms with Crippen LogP contribution < -0.4 is 70.8 Å². The second kappa shape index (κ2) is 33.8. The van der Waals surface area contributed by atoms with Crippen LogP contribution >= 0.6 is 0 Å². The van der Waals surface area contributed by atoms with Gasteiger partial charge in [-0.05, 0) is 76.6 Å². The highest BCUT2D eigenvalue weighted by Gasteiger charge is 2.36. The molecule has 1 heterocycles. The molecule has 1 saturated heterocycles. The van der Waals surface area contributed by atoms with Crippen LogP contribution in [0.5, 0.6) is 0 Å². The molecular weight excluding hydrogens is 935 g/mol. The number of rotatable bonds is 23. The van der Waals surface area contributed by atoms with Crippen molar-refractivity contribution in [2.45, 2.75) is 172 Å². The van der Waals surface area contributed by atoms with E-state index >= 15 is 0 Å². The Labute approximate surface area is 422 Å². The second-order valence-corrected chi connectivity index (χ2v) is 18.6. The molecule has 0 radical (unpaired) electrons. The minimum atomic E-state index is -1.62. The molecule has 1 aliphatic heterocycles. The number of amides is 9.